The number of nitrogens with zero attached hydrogens (tertiary/aromatic N) is 9. The molecule has 12 amide bonds. The van der Waals surface area contributed by atoms with Gasteiger partial charge >= 0.3 is 6.18 Å². The maximum absolute atomic E-state index is 15.5. The molecular formula is C74H116ClF5N12O13. The fourth-order valence-corrected chi connectivity index (χ4v) is 16.5. The molecule has 25 nitrogen and oxygen atoms in total. The fourth-order valence-electron chi connectivity index (χ4n) is 16.2. The predicted octanol–water partition coefficient (Wildman–Crippen LogP) is 5.78. The summed E-state index contributed by atoms with van der Waals surface area (Å²) in [6.07, 6.45) is -3.43. The molecule has 3 aliphatic heterocycles. The Morgan fingerprint density at radius 3 is 1.81 bits per heavy atom. The lowest BCUT2D eigenvalue weighted by Crippen LogP contribution is -2.68. The van der Waals surface area contributed by atoms with Crippen LogP contribution in [0.2, 0.25) is 0 Å². The van der Waals surface area contributed by atoms with Gasteiger partial charge in [0, 0.05) is 82.5 Å². The number of ether oxygens (including phenoxy) is 1. The quantitative estimate of drug-likeness (QED) is 0.0998. The second-order valence-electron chi connectivity index (χ2n) is 31.1. The van der Waals surface area contributed by atoms with Crippen molar-refractivity contribution >= 4 is 82.5 Å². The lowest BCUT2D eigenvalue weighted by Gasteiger charge is -2.47. The molecule has 31 heteroatoms. The molecule has 7 aliphatic rings. The van der Waals surface area contributed by atoms with Gasteiger partial charge in [0.1, 0.15) is 66.2 Å². The number of carbonyl (C=O) groups excluding carboxylic acids is 12. The molecule has 0 aromatic heterocycles. The number of rotatable bonds is 15. The van der Waals surface area contributed by atoms with Gasteiger partial charge in [0.2, 0.25) is 70.9 Å². The molecule has 592 valence electrons. The largest absolute Gasteiger partial charge is 0.391 e. The van der Waals surface area contributed by atoms with Crippen LogP contribution in [-0.2, 0) is 62.3 Å². The lowest BCUT2D eigenvalue weighted by atomic mass is 9.74. The average molecular weight is 1510 g/mol. The van der Waals surface area contributed by atoms with Gasteiger partial charge in [-0.3, -0.25) is 57.5 Å². The minimum Gasteiger partial charge on any atom is -0.377 e. The van der Waals surface area contributed by atoms with Crippen molar-refractivity contribution in [2.75, 3.05) is 89.2 Å². The third kappa shape index (κ3) is 21.0. The van der Waals surface area contributed by atoms with Crippen LogP contribution in [0.4, 0.5) is 22.0 Å². The van der Waals surface area contributed by atoms with Crippen molar-refractivity contribution in [2.24, 2.45) is 35.5 Å². The van der Waals surface area contributed by atoms with Crippen LogP contribution in [0.15, 0.2) is 12.2 Å². The zero-order valence-electron chi connectivity index (χ0n) is 63.7. The fraction of sp³-hybridized carbons (Fsp3) is 0.811. The van der Waals surface area contributed by atoms with E-state index in [1.165, 1.54) is 80.9 Å². The molecule has 3 N–H and O–H groups in total. The highest BCUT2D eigenvalue weighted by Crippen LogP contribution is 2.43. The molecule has 0 radical (unpaired) electrons. The Labute approximate surface area is 620 Å². The van der Waals surface area contributed by atoms with E-state index in [9.17, 15) is 41.9 Å². The van der Waals surface area contributed by atoms with E-state index in [0.717, 1.165) is 32.4 Å². The van der Waals surface area contributed by atoms with Crippen molar-refractivity contribution in [1.29, 1.82) is 0 Å². The SMILES string of the molecule is CCO[C@@H]1C[C@H]2C(=O)NC3(CCC3)C(=O)N(C)[C@@H](C(CC)CC)C(=O)N(C)[C@H](C(=O)N(C)C)CC(=O)N(C)[C@@H](CC3CC3)C(=O)N[C@@H]([C@@H](C)CC)C(=O)N(C)CC(=O)N(C)C3C/C=C\CCN(C3=O)[C@@H](CC3CCC(C(F)(F)F)CC3)C(=O)N(C)CC(=O)N[C@@H](CCC3CC(F)C(Cl)C(F)C3)C(=O)N2C1. The molecular weight excluding hydrogens is 1400 g/mol. The number of hydrogen-bond donors (Lipinski definition) is 3. The Hall–Kier alpha value is -6.72. The van der Waals surface area contributed by atoms with Gasteiger partial charge in [0.25, 0.3) is 0 Å². The van der Waals surface area contributed by atoms with Crippen LogP contribution in [-0.4, -0.2) is 288 Å². The lowest BCUT2D eigenvalue weighted by molar-refractivity contribution is -0.184. The summed E-state index contributed by atoms with van der Waals surface area (Å²) >= 11 is 6.09. The Kier molecular flexibility index (Phi) is 30.5. The number of carbonyl (C=O) groups is 12. The summed E-state index contributed by atoms with van der Waals surface area (Å²) in [5.74, 6) is -12.6. The highest BCUT2D eigenvalue weighted by atomic mass is 35.5. The molecule has 0 aromatic carbocycles. The van der Waals surface area contributed by atoms with Crippen molar-refractivity contribution in [1.82, 2.24) is 60.0 Å². The summed E-state index contributed by atoms with van der Waals surface area (Å²) in [6.45, 7) is 7.42. The monoisotopic (exact) mass is 1510 g/mol. The summed E-state index contributed by atoms with van der Waals surface area (Å²) in [6, 6.07) is -10.8. The van der Waals surface area contributed by atoms with Crippen LogP contribution in [0.5, 0.6) is 0 Å². The normalized spacial score (nSPS) is 32.2. The van der Waals surface area contributed by atoms with E-state index < -0.39 is 204 Å². The van der Waals surface area contributed by atoms with E-state index in [4.69, 9.17) is 16.3 Å². The van der Waals surface area contributed by atoms with E-state index in [2.05, 4.69) is 16.0 Å². The summed E-state index contributed by atoms with van der Waals surface area (Å²) in [7, 11) is 11.2. The number of alkyl halides is 6. The third-order valence-electron chi connectivity index (χ3n) is 23.6. The molecule has 2 saturated heterocycles. The van der Waals surface area contributed by atoms with Crippen molar-refractivity contribution in [3.05, 3.63) is 12.2 Å². The molecule has 2 bridgehead atoms. The predicted molar refractivity (Wildman–Crippen MR) is 381 cm³/mol. The Bertz CT molecular complexity index is 3120. The van der Waals surface area contributed by atoms with E-state index >= 15 is 37.5 Å². The second kappa shape index (κ2) is 37.4. The second-order valence-corrected chi connectivity index (χ2v) is 31.6. The zero-order valence-corrected chi connectivity index (χ0v) is 64.5. The smallest absolute Gasteiger partial charge is 0.377 e. The number of fused-ring (bicyclic) bond motifs is 3. The van der Waals surface area contributed by atoms with Crippen LogP contribution in [0.1, 0.15) is 176 Å². The summed E-state index contributed by atoms with van der Waals surface area (Å²) in [4.78, 5) is 192. The van der Waals surface area contributed by atoms with Crippen molar-refractivity contribution < 1.29 is 84.2 Å². The van der Waals surface area contributed by atoms with Gasteiger partial charge in [-0.25, -0.2) is 8.78 Å². The third-order valence-corrected chi connectivity index (χ3v) is 24.2. The van der Waals surface area contributed by atoms with Gasteiger partial charge < -0.3 is 64.8 Å². The zero-order chi connectivity index (χ0) is 77.9. The molecule has 105 heavy (non-hydrogen) atoms. The molecule has 0 aromatic rings. The number of nitrogens with one attached hydrogen (secondary N) is 3. The van der Waals surface area contributed by atoms with Crippen LogP contribution in [0.3, 0.4) is 0 Å². The van der Waals surface area contributed by atoms with Crippen LogP contribution in [0, 0.1) is 35.5 Å². The molecule has 1 spiro atoms. The van der Waals surface area contributed by atoms with Gasteiger partial charge in [0.15, 0.2) is 0 Å². The molecule has 7 rings (SSSR count). The number of likely N-dealkylation sites (N-methyl/N-ethyl adjacent to an activating group) is 7. The van der Waals surface area contributed by atoms with Gasteiger partial charge in [-0.2, -0.15) is 13.2 Å². The van der Waals surface area contributed by atoms with Crippen LogP contribution < -0.4 is 16.0 Å². The molecule has 6 fully saturated rings. The van der Waals surface area contributed by atoms with E-state index in [-0.39, 0.29) is 122 Å². The first kappa shape index (κ1) is 85.5. The number of halogens is 6. The minimum absolute atomic E-state index is 0.0189. The number of amides is 12. The van der Waals surface area contributed by atoms with Gasteiger partial charge in [-0.1, -0.05) is 72.0 Å². The average Bonchev–Trinajstić information content (AvgIpc) is 1.56. The molecule has 4 aliphatic carbocycles. The standard InChI is InChI=1S/C74H116ClF5N12O13/c1-14-43(5)62-70(102)86(9)42-60(95)87(10)53-22-19-18-20-33-91(69(53)101)57(37-45-25-28-48(29-26-45)74(78,79)80)68(100)85(8)41-58(93)81-52(30-27-46-34-50(76)61(75)51(77)35-46)66(98)92-40-49(105-17-4)38-55(92)65(97)83-73(31-21-32-73)72(104)90(13)63(47(15-2)16-3)71(103)89(12)56(67(99)84(6)7)39-59(94)88(11)54(64(96)82-62)36-44-23-24-44/h18-19,43-57,61-63H,14-17,20-42H2,1-13H3,(H,81,93)(H,82,96)(H,83,97)/b19-18-/t43-,45?,46?,48?,49+,50?,51?,52-,53?,54-,55-,56-,57-,61?,62-,63-/m0/s1. The summed E-state index contributed by atoms with van der Waals surface area (Å²) in [5, 5.41) is 7.22. The van der Waals surface area contributed by atoms with Crippen molar-refractivity contribution in [2.45, 2.75) is 260 Å². The van der Waals surface area contributed by atoms with Gasteiger partial charge in [0.05, 0.1) is 36.9 Å². The van der Waals surface area contributed by atoms with E-state index in [0.29, 0.717) is 25.7 Å². The highest BCUT2D eigenvalue weighted by Gasteiger charge is 2.54. The number of hydrogen-bond acceptors (Lipinski definition) is 13. The van der Waals surface area contributed by atoms with Gasteiger partial charge in [-0.15, -0.1) is 11.6 Å². The molecule has 12 atom stereocenters. The maximum Gasteiger partial charge on any atom is 0.391 e. The van der Waals surface area contributed by atoms with E-state index in [1.54, 1.807) is 32.9 Å². The maximum atomic E-state index is 15.5. The van der Waals surface area contributed by atoms with Crippen LogP contribution >= 0.6 is 11.6 Å². The first-order valence-electron chi connectivity index (χ1n) is 38.0. The first-order valence-corrected chi connectivity index (χ1v) is 38.4. The Morgan fingerprint density at radius 1 is 0.657 bits per heavy atom. The summed E-state index contributed by atoms with van der Waals surface area (Å²) in [5.41, 5.74) is -1.63. The van der Waals surface area contributed by atoms with Gasteiger partial charge in [-0.05, 0) is 133 Å². The summed E-state index contributed by atoms with van der Waals surface area (Å²) < 4.78 is 79.0. The van der Waals surface area contributed by atoms with Crippen molar-refractivity contribution in [3.63, 3.8) is 0 Å². The molecule has 4 saturated carbocycles. The first-order chi connectivity index (χ1) is 49.4. The molecule has 3 unspecified atom stereocenters. The van der Waals surface area contributed by atoms with Crippen molar-refractivity contribution in [3.8, 4) is 0 Å². The Balaban J connectivity index is 1.32. The topological polar surface area (TPSA) is 279 Å². The Morgan fingerprint density at radius 2 is 1.26 bits per heavy atom. The molecule has 3 heterocycles. The highest BCUT2D eigenvalue weighted by molar-refractivity contribution is 6.21. The van der Waals surface area contributed by atoms with E-state index in [1.807, 2.05) is 13.8 Å². The van der Waals surface area contributed by atoms with Crippen LogP contribution in [0.25, 0.3) is 0 Å². The minimum atomic E-state index is -4.47.